The van der Waals surface area contributed by atoms with E-state index in [2.05, 4.69) is 9.88 Å². The van der Waals surface area contributed by atoms with Crippen molar-refractivity contribution >= 4 is 17.6 Å². The first-order valence-electron chi connectivity index (χ1n) is 8.38. The smallest absolute Gasteiger partial charge is 0.327 e. The average molecular weight is 341 g/mol. The number of aliphatic carboxylic acids is 1. The van der Waals surface area contributed by atoms with Gasteiger partial charge in [0.15, 0.2) is 11.2 Å². The standard InChI is InChI=1S/C16H25ClN4O2/c1-11-18-15(17)13(19(11)2)14(16(22)23)21-9-7-20(8-10-21)12-5-3-4-6-12/h12,14H,3-10H2,1-2H3,(H,22,23). The number of carbonyl (C=O) groups is 1. The molecular formula is C16H25ClN4O2. The van der Waals surface area contributed by atoms with Crippen molar-refractivity contribution in [3.05, 3.63) is 16.7 Å². The van der Waals surface area contributed by atoms with Crippen molar-refractivity contribution in [3.63, 3.8) is 0 Å². The zero-order valence-electron chi connectivity index (χ0n) is 13.8. The predicted octanol–water partition coefficient (Wildman–Crippen LogP) is 2.07. The molecule has 6 nitrogen and oxygen atoms in total. The lowest BCUT2D eigenvalue weighted by Crippen LogP contribution is -2.52. The van der Waals surface area contributed by atoms with E-state index >= 15 is 0 Å². The van der Waals surface area contributed by atoms with Crippen LogP contribution in [0.15, 0.2) is 0 Å². The maximum atomic E-state index is 11.9. The van der Waals surface area contributed by atoms with Crippen LogP contribution in [0.25, 0.3) is 0 Å². The van der Waals surface area contributed by atoms with Crippen LogP contribution in [-0.4, -0.2) is 62.6 Å². The van der Waals surface area contributed by atoms with Crippen LogP contribution in [-0.2, 0) is 11.8 Å². The highest BCUT2D eigenvalue weighted by Crippen LogP contribution is 2.30. The Morgan fingerprint density at radius 3 is 2.35 bits per heavy atom. The van der Waals surface area contributed by atoms with Gasteiger partial charge in [-0.3, -0.25) is 14.6 Å². The van der Waals surface area contributed by atoms with Gasteiger partial charge in [-0.2, -0.15) is 0 Å². The van der Waals surface area contributed by atoms with Gasteiger partial charge in [0.1, 0.15) is 5.82 Å². The van der Waals surface area contributed by atoms with Crippen molar-refractivity contribution in [2.75, 3.05) is 26.2 Å². The molecule has 0 bridgehead atoms. The third-order valence-corrected chi connectivity index (χ3v) is 5.64. The van der Waals surface area contributed by atoms with E-state index in [4.69, 9.17) is 11.6 Å². The van der Waals surface area contributed by atoms with E-state index in [-0.39, 0.29) is 0 Å². The van der Waals surface area contributed by atoms with E-state index in [0.29, 0.717) is 16.9 Å². The van der Waals surface area contributed by atoms with Crippen molar-refractivity contribution < 1.29 is 9.90 Å². The largest absolute Gasteiger partial charge is 0.480 e. The Kier molecular flexibility index (Phi) is 4.94. The van der Waals surface area contributed by atoms with Crippen LogP contribution in [0.1, 0.15) is 43.2 Å². The van der Waals surface area contributed by atoms with Crippen LogP contribution in [0, 0.1) is 6.92 Å². The molecule has 7 heteroatoms. The van der Waals surface area contributed by atoms with Crippen LogP contribution in [0.5, 0.6) is 0 Å². The number of halogens is 1. The molecule has 1 aliphatic heterocycles. The fourth-order valence-corrected chi connectivity index (χ4v) is 4.31. The van der Waals surface area contributed by atoms with Gasteiger partial charge in [-0.25, -0.2) is 4.98 Å². The summed E-state index contributed by atoms with van der Waals surface area (Å²) in [4.78, 5) is 20.7. The van der Waals surface area contributed by atoms with Crippen LogP contribution < -0.4 is 0 Å². The normalized spacial score (nSPS) is 22.6. The second-order valence-corrected chi connectivity index (χ2v) is 7.00. The van der Waals surface area contributed by atoms with Gasteiger partial charge in [0, 0.05) is 39.3 Å². The van der Waals surface area contributed by atoms with E-state index in [9.17, 15) is 9.90 Å². The van der Waals surface area contributed by atoms with Gasteiger partial charge in [0.2, 0.25) is 0 Å². The molecule has 1 aromatic heterocycles. The van der Waals surface area contributed by atoms with Gasteiger partial charge in [-0.15, -0.1) is 0 Å². The molecule has 2 fully saturated rings. The van der Waals surface area contributed by atoms with Crippen molar-refractivity contribution in [2.24, 2.45) is 7.05 Å². The number of rotatable bonds is 4. The zero-order valence-corrected chi connectivity index (χ0v) is 14.6. The molecular weight excluding hydrogens is 316 g/mol. The number of aryl methyl sites for hydroxylation is 1. The number of aromatic nitrogens is 2. The Hall–Kier alpha value is -1.11. The fraction of sp³-hybridized carbons (Fsp3) is 0.750. The highest BCUT2D eigenvalue weighted by atomic mass is 35.5. The van der Waals surface area contributed by atoms with E-state index < -0.39 is 12.0 Å². The average Bonchev–Trinajstić information content (AvgIpc) is 3.13. The fourth-order valence-electron chi connectivity index (χ4n) is 3.96. The van der Waals surface area contributed by atoms with Gasteiger partial charge < -0.3 is 9.67 Å². The minimum absolute atomic E-state index is 0.302. The summed E-state index contributed by atoms with van der Waals surface area (Å²) in [5.41, 5.74) is 0.589. The Morgan fingerprint density at radius 1 is 1.26 bits per heavy atom. The van der Waals surface area contributed by atoms with Gasteiger partial charge in [-0.05, 0) is 19.8 Å². The van der Waals surface area contributed by atoms with Gasteiger partial charge in [0.25, 0.3) is 0 Å². The molecule has 2 heterocycles. The SMILES string of the molecule is Cc1nc(Cl)c(C(C(=O)O)N2CCN(C3CCCC3)CC2)n1C. The van der Waals surface area contributed by atoms with E-state index in [0.717, 1.165) is 32.0 Å². The lowest BCUT2D eigenvalue weighted by Gasteiger charge is -2.40. The van der Waals surface area contributed by atoms with Crippen molar-refractivity contribution in [3.8, 4) is 0 Å². The minimum Gasteiger partial charge on any atom is -0.480 e. The summed E-state index contributed by atoms with van der Waals surface area (Å²) in [6.07, 6.45) is 5.23. The first-order valence-corrected chi connectivity index (χ1v) is 8.76. The first-order chi connectivity index (χ1) is 11.0. The Balaban J connectivity index is 1.74. The van der Waals surface area contributed by atoms with E-state index in [1.807, 2.05) is 18.9 Å². The molecule has 0 radical (unpaired) electrons. The topological polar surface area (TPSA) is 61.6 Å². The summed E-state index contributed by atoms with van der Waals surface area (Å²) < 4.78 is 1.80. The molecule has 2 aliphatic rings. The first kappa shape index (κ1) is 16.7. The molecule has 0 aromatic carbocycles. The Labute approximate surface area is 142 Å². The second-order valence-electron chi connectivity index (χ2n) is 6.65. The third-order valence-electron chi connectivity index (χ3n) is 5.37. The highest BCUT2D eigenvalue weighted by Gasteiger charge is 2.36. The molecule has 1 N–H and O–H groups in total. The Morgan fingerprint density at radius 2 is 1.87 bits per heavy atom. The molecule has 23 heavy (non-hydrogen) atoms. The molecule has 3 rings (SSSR count). The molecule has 1 unspecified atom stereocenters. The molecule has 1 saturated carbocycles. The molecule has 0 amide bonds. The van der Waals surface area contributed by atoms with Gasteiger partial charge in [0.05, 0.1) is 5.69 Å². The number of carboxylic acids is 1. The van der Waals surface area contributed by atoms with Crippen LogP contribution in [0.4, 0.5) is 0 Å². The molecule has 1 saturated heterocycles. The van der Waals surface area contributed by atoms with Crippen LogP contribution >= 0.6 is 11.6 Å². The molecule has 128 valence electrons. The van der Waals surface area contributed by atoms with E-state index in [1.165, 1.54) is 25.7 Å². The summed E-state index contributed by atoms with van der Waals surface area (Å²) in [7, 11) is 1.83. The summed E-state index contributed by atoms with van der Waals surface area (Å²) in [5.74, 6) is -0.120. The summed E-state index contributed by atoms with van der Waals surface area (Å²) >= 11 is 6.21. The number of piperazine rings is 1. The van der Waals surface area contributed by atoms with E-state index in [1.54, 1.807) is 4.57 Å². The van der Waals surface area contributed by atoms with Crippen LogP contribution in [0.3, 0.4) is 0 Å². The molecule has 1 aromatic rings. The monoisotopic (exact) mass is 340 g/mol. The van der Waals surface area contributed by atoms with Crippen molar-refractivity contribution in [2.45, 2.75) is 44.7 Å². The molecule has 0 spiro atoms. The van der Waals surface area contributed by atoms with Crippen molar-refractivity contribution in [1.82, 2.24) is 19.4 Å². The summed E-state index contributed by atoms with van der Waals surface area (Å²) in [6.45, 7) is 5.22. The number of carboxylic acid groups (broad SMARTS) is 1. The number of hydrogen-bond donors (Lipinski definition) is 1. The summed E-state index contributed by atoms with van der Waals surface area (Å²) in [6, 6.07) is -0.0256. The zero-order chi connectivity index (χ0) is 16.6. The van der Waals surface area contributed by atoms with Gasteiger partial charge >= 0.3 is 5.97 Å². The maximum absolute atomic E-state index is 11.9. The number of imidazole rings is 1. The minimum atomic E-state index is -0.857. The summed E-state index contributed by atoms with van der Waals surface area (Å²) in [5, 5.41) is 10.1. The van der Waals surface area contributed by atoms with Gasteiger partial charge in [-0.1, -0.05) is 24.4 Å². The molecule has 1 atom stereocenters. The van der Waals surface area contributed by atoms with Crippen molar-refractivity contribution in [1.29, 1.82) is 0 Å². The quantitative estimate of drug-likeness (QED) is 0.909. The predicted molar refractivity (Wildman–Crippen MR) is 88.7 cm³/mol. The third kappa shape index (κ3) is 3.25. The highest BCUT2D eigenvalue weighted by molar-refractivity contribution is 6.30. The number of nitrogens with zero attached hydrogens (tertiary/aromatic N) is 4. The lowest BCUT2D eigenvalue weighted by molar-refractivity contribution is -0.144. The molecule has 1 aliphatic carbocycles. The lowest BCUT2D eigenvalue weighted by atomic mass is 10.1. The second kappa shape index (κ2) is 6.79. The maximum Gasteiger partial charge on any atom is 0.327 e. The Bertz CT molecular complexity index is 575. The van der Waals surface area contributed by atoms with Crippen LogP contribution in [0.2, 0.25) is 5.15 Å². The number of hydrogen-bond acceptors (Lipinski definition) is 4.